The van der Waals surface area contributed by atoms with Crippen LogP contribution in [0.3, 0.4) is 0 Å². The second kappa shape index (κ2) is 6.50. The second-order valence-corrected chi connectivity index (χ2v) is 5.78. The van der Waals surface area contributed by atoms with Gasteiger partial charge >= 0.3 is 0 Å². The molecule has 0 aliphatic heterocycles. The third-order valence-electron chi connectivity index (χ3n) is 3.61. The summed E-state index contributed by atoms with van der Waals surface area (Å²) in [7, 11) is 1.97. The van der Waals surface area contributed by atoms with Crippen molar-refractivity contribution in [1.29, 1.82) is 0 Å². The van der Waals surface area contributed by atoms with Gasteiger partial charge < -0.3 is 5.32 Å². The number of hydrogen-bond acceptors (Lipinski definition) is 3. The predicted octanol–water partition coefficient (Wildman–Crippen LogP) is 3.57. The lowest BCUT2D eigenvalue weighted by Crippen LogP contribution is -2.17. The fraction of sp³-hybridized carbons (Fsp3) is 0.467. The third kappa shape index (κ3) is 2.79. The molecule has 0 saturated carbocycles. The van der Waals surface area contributed by atoms with Crippen molar-refractivity contribution in [2.24, 2.45) is 0 Å². The lowest BCUT2D eigenvalue weighted by molar-refractivity contribution is 0.555. The van der Waals surface area contributed by atoms with Crippen molar-refractivity contribution in [2.45, 2.75) is 39.7 Å². The zero-order valence-electron chi connectivity index (χ0n) is 12.4. The van der Waals surface area contributed by atoms with Crippen molar-refractivity contribution in [1.82, 2.24) is 20.3 Å². The highest BCUT2D eigenvalue weighted by Gasteiger charge is 2.19. The molecule has 1 heterocycles. The van der Waals surface area contributed by atoms with Crippen molar-refractivity contribution in [3.05, 3.63) is 39.6 Å². The number of nitrogens with zero attached hydrogens (tertiary/aromatic N) is 3. The van der Waals surface area contributed by atoms with Gasteiger partial charge in [0.15, 0.2) is 0 Å². The van der Waals surface area contributed by atoms with Crippen LogP contribution in [-0.4, -0.2) is 22.0 Å². The molecule has 0 bridgehead atoms. The Bertz CT molecular complexity index is 588. The Morgan fingerprint density at radius 1 is 1.35 bits per heavy atom. The van der Waals surface area contributed by atoms with E-state index in [4.69, 9.17) is 0 Å². The van der Waals surface area contributed by atoms with Crippen molar-refractivity contribution >= 4 is 15.9 Å². The SMILES string of the molecule is CCc1c(C(CC)NC)nnn1-c1cc(Br)ccc1C. The average molecular weight is 337 g/mol. The van der Waals surface area contributed by atoms with Crippen molar-refractivity contribution in [3.63, 3.8) is 0 Å². The van der Waals surface area contributed by atoms with Crippen LogP contribution >= 0.6 is 15.9 Å². The molecular formula is C15H21BrN4. The van der Waals surface area contributed by atoms with E-state index in [0.717, 1.165) is 28.7 Å². The van der Waals surface area contributed by atoms with Crippen LogP contribution < -0.4 is 5.32 Å². The minimum absolute atomic E-state index is 0.256. The molecule has 1 unspecified atom stereocenters. The summed E-state index contributed by atoms with van der Waals surface area (Å²) in [5.74, 6) is 0. The first-order valence-corrected chi connectivity index (χ1v) is 7.79. The number of hydrogen-bond donors (Lipinski definition) is 1. The van der Waals surface area contributed by atoms with Gasteiger partial charge in [0.1, 0.15) is 5.69 Å². The summed E-state index contributed by atoms with van der Waals surface area (Å²) >= 11 is 3.53. The van der Waals surface area contributed by atoms with Crippen molar-refractivity contribution in [2.75, 3.05) is 7.05 Å². The normalized spacial score (nSPS) is 12.7. The van der Waals surface area contributed by atoms with E-state index >= 15 is 0 Å². The van der Waals surface area contributed by atoms with Gasteiger partial charge in [-0.1, -0.05) is 41.1 Å². The molecule has 1 atom stereocenters. The van der Waals surface area contributed by atoms with Crippen LogP contribution in [0.4, 0.5) is 0 Å². The highest BCUT2D eigenvalue weighted by atomic mass is 79.9. The van der Waals surface area contributed by atoms with Crippen LogP contribution in [-0.2, 0) is 6.42 Å². The molecular weight excluding hydrogens is 316 g/mol. The maximum atomic E-state index is 4.41. The minimum Gasteiger partial charge on any atom is -0.312 e. The van der Waals surface area contributed by atoms with Gasteiger partial charge in [-0.3, -0.25) is 0 Å². The average Bonchev–Trinajstić information content (AvgIpc) is 2.86. The molecule has 0 fully saturated rings. The minimum atomic E-state index is 0.256. The largest absolute Gasteiger partial charge is 0.312 e. The molecule has 1 aromatic carbocycles. The van der Waals surface area contributed by atoms with Gasteiger partial charge in [-0.15, -0.1) is 5.10 Å². The molecule has 0 aliphatic carbocycles. The van der Waals surface area contributed by atoms with Gasteiger partial charge in [0, 0.05) is 4.47 Å². The van der Waals surface area contributed by atoms with Gasteiger partial charge in [-0.05, 0) is 44.5 Å². The summed E-state index contributed by atoms with van der Waals surface area (Å²) in [5, 5.41) is 12.1. The lowest BCUT2D eigenvalue weighted by Gasteiger charge is -2.14. The Morgan fingerprint density at radius 3 is 2.70 bits per heavy atom. The van der Waals surface area contributed by atoms with E-state index in [0.29, 0.717) is 0 Å². The van der Waals surface area contributed by atoms with Crippen LogP contribution in [0.5, 0.6) is 0 Å². The third-order valence-corrected chi connectivity index (χ3v) is 4.11. The summed E-state index contributed by atoms with van der Waals surface area (Å²) in [5.41, 5.74) is 4.50. The van der Waals surface area contributed by atoms with Crippen LogP contribution in [0.15, 0.2) is 22.7 Å². The molecule has 0 spiro atoms. The van der Waals surface area contributed by atoms with E-state index < -0.39 is 0 Å². The number of aromatic nitrogens is 3. The topological polar surface area (TPSA) is 42.7 Å². The highest BCUT2D eigenvalue weighted by Crippen LogP contribution is 2.25. The number of nitrogens with one attached hydrogen (secondary N) is 1. The zero-order valence-corrected chi connectivity index (χ0v) is 14.0. The van der Waals surface area contributed by atoms with Crippen molar-refractivity contribution in [3.8, 4) is 5.69 Å². The Labute approximate surface area is 128 Å². The number of benzene rings is 1. The first kappa shape index (κ1) is 15.2. The van der Waals surface area contributed by atoms with E-state index in [1.165, 1.54) is 11.3 Å². The summed E-state index contributed by atoms with van der Waals surface area (Å²) < 4.78 is 3.02. The molecule has 0 radical (unpaired) electrons. The molecule has 20 heavy (non-hydrogen) atoms. The summed E-state index contributed by atoms with van der Waals surface area (Å²) in [6, 6.07) is 6.49. The molecule has 5 heteroatoms. The molecule has 1 aromatic heterocycles. The van der Waals surface area contributed by atoms with Crippen LogP contribution in [0.2, 0.25) is 0 Å². The number of aryl methyl sites for hydroxylation is 1. The van der Waals surface area contributed by atoms with E-state index in [9.17, 15) is 0 Å². The van der Waals surface area contributed by atoms with Crippen LogP contribution in [0.1, 0.15) is 43.3 Å². The molecule has 4 nitrogen and oxygen atoms in total. The monoisotopic (exact) mass is 336 g/mol. The molecule has 0 amide bonds. The molecule has 2 aromatic rings. The first-order chi connectivity index (χ1) is 9.62. The maximum Gasteiger partial charge on any atom is 0.103 e. The molecule has 108 valence electrons. The summed E-state index contributed by atoms with van der Waals surface area (Å²) in [6.45, 7) is 6.40. The Kier molecular flexibility index (Phi) is 4.94. The standard InChI is InChI=1S/C15H21BrN4/c1-5-12(17-4)15-13(6-2)20(19-18-15)14-9-11(16)8-7-10(14)3/h7-9,12,17H,5-6H2,1-4H3. The molecule has 0 saturated heterocycles. The Hall–Kier alpha value is -1.20. The highest BCUT2D eigenvalue weighted by molar-refractivity contribution is 9.10. The van der Waals surface area contributed by atoms with Crippen LogP contribution in [0.25, 0.3) is 5.69 Å². The van der Waals surface area contributed by atoms with E-state index in [1.54, 1.807) is 0 Å². The van der Waals surface area contributed by atoms with Gasteiger partial charge in [-0.25, -0.2) is 4.68 Å². The lowest BCUT2D eigenvalue weighted by atomic mass is 10.1. The van der Waals surface area contributed by atoms with Gasteiger partial charge in [0.2, 0.25) is 0 Å². The fourth-order valence-corrected chi connectivity index (χ4v) is 2.80. The summed E-state index contributed by atoms with van der Waals surface area (Å²) in [4.78, 5) is 0. The quantitative estimate of drug-likeness (QED) is 0.907. The van der Waals surface area contributed by atoms with Gasteiger partial charge in [0.05, 0.1) is 17.4 Å². The summed E-state index contributed by atoms with van der Waals surface area (Å²) in [6.07, 6.45) is 1.91. The van der Waals surface area contributed by atoms with Gasteiger partial charge in [0.25, 0.3) is 0 Å². The molecule has 1 N–H and O–H groups in total. The van der Waals surface area contributed by atoms with Gasteiger partial charge in [-0.2, -0.15) is 0 Å². The second-order valence-electron chi connectivity index (χ2n) is 4.87. The predicted molar refractivity (Wildman–Crippen MR) is 85.3 cm³/mol. The zero-order chi connectivity index (χ0) is 14.7. The van der Waals surface area contributed by atoms with E-state index in [1.807, 2.05) is 17.8 Å². The smallest absolute Gasteiger partial charge is 0.103 e. The van der Waals surface area contributed by atoms with Crippen LogP contribution in [0, 0.1) is 6.92 Å². The van der Waals surface area contributed by atoms with Crippen molar-refractivity contribution < 1.29 is 0 Å². The van der Waals surface area contributed by atoms with E-state index in [-0.39, 0.29) is 6.04 Å². The first-order valence-electron chi connectivity index (χ1n) is 7.00. The Morgan fingerprint density at radius 2 is 2.10 bits per heavy atom. The maximum absolute atomic E-state index is 4.41. The number of halogens is 1. The Balaban J connectivity index is 2.55. The molecule has 0 aliphatic rings. The van der Waals surface area contributed by atoms with E-state index in [2.05, 4.69) is 64.5 Å². The molecule has 2 rings (SSSR count). The number of rotatable bonds is 5. The fourth-order valence-electron chi connectivity index (χ4n) is 2.45.